The number of nitrogens with zero attached hydrogens (tertiary/aromatic N) is 3. The highest BCUT2D eigenvalue weighted by atomic mass is 79.9. The van der Waals surface area contributed by atoms with Crippen molar-refractivity contribution in [2.75, 3.05) is 44.2 Å². The maximum Gasteiger partial charge on any atom is 0.267 e. The van der Waals surface area contributed by atoms with Gasteiger partial charge in [0, 0.05) is 32.7 Å². The second-order valence-electron chi connectivity index (χ2n) is 3.92. The lowest BCUT2D eigenvalue weighted by molar-refractivity contribution is 0.188. The number of hydrogen-bond acceptors (Lipinski definition) is 5. The van der Waals surface area contributed by atoms with Gasteiger partial charge in [0.25, 0.3) is 5.56 Å². The molecule has 0 spiro atoms. The second-order valence-corrected chi connectivity index (χ2v) is 4.71. The maximum atomic E-state index is 11.4. The molecule has 2 heterocycles. The van der Waals surface area contributed by atoms with E-state index in [1.165, 1.54) is 6.33 Å². The normalized spacial score (nSPS) is 17.4. The summed E-state index contributed by atoms with van der Waals surface area (Å²) >= 11 is 3.26. The fourth-order valence-corrected chi connectivity index (χ4v) is 2.39. The van der Waals surface area contributed by atoms with Crippen molar-refractivity contribution in [1.29, 1.82) is 0 Å². The van der Waals surface area contributed by atoms with Gasteiger partial charge in [-0.2, -0.15) is 0 Å². The molecule has 1 aliphatic rings. The van der Waals surface area contributed by atoms with Gasteiger partial charge in [-0.15, -0.1) is 0 Å². The van der Waals surface area contributed by atoms with Gasteiger partial charge in [0.1, 0.15) is 10.3 Å². The van der Waals surface area contributed by atoms with Crippen LogP contribution in [0.15, 0.2) is 15.6 Å². The Labute approximate surface area is 107 Å². The fraction of sp³-hybridized carbons (Fsp3) is 0.600. The van der Waals surface area contributed by atoms with Gasteiger partial charge in [-0.3, -0.25) is 9.69 Å². The van der Waals surface area contributed by atoms with E-state index in [2.05, 4.69) is 35.7 Å². The number of aromatic nitrogens is 2. The first-order valence-corrected chi connectivity index (χ1v) is 6.33. The Morgan fingerprint density at radius 2 is 2.12 bits per heavy atom. The zero-order valence-corrected chi connectivity index (χ0v) is 11.0. The Bertz CT molecular complexity index is 429. The van der Waals surface area contributed by atoms with Gasteiger partial charge >= 0.3 is 0 Å². The molecule has 0 amide bonds. The Morgan fingerprint density at radius 1 is 1.41 bits per heavy atom. The highest BCUT2D eigenvalue weighted by Gasteiger charge is 2.20. The zero-order valence-electron chi connectivity index (χ0n) is 9.40. The number of nitrogens with one attached hydrogen (secondary N) is 1. The molecule has 6 nitrogen and oxygen atoms in total. The van der Waals surface area contributed by atoms with Crippen molar-refractivity contribution < 1.29 is 5.11 Å². The standard InChI is InChI=1S/C10H15BrN4O2/c11-8-9(12-7-13-10(8)17)15-3-1-14(2-4-15)5-6-16/h7,16H,1-6H2,(H,12,13,17). The van der Waals surface area contributed by atoms with Crippen molar-refractivity contribution in [2.24, 2.45) is 0 Å². The molecule has 17 heavy (non-hydrogen) atoms. The largest absolute Gasteiger partial charge is 0.395 e. The molecular weight excluding hydrogens is 288 g/mol. The minimum absolute atomic E-state index is 0.159. The van der Waals surface area contributed by atoms with Crippen LogP contribution in [-0.2, 0) is 0 Å². The molecule has 0 radical (unpaired) electrons. The zero-order chi connectivity index (χ0) is 12.3. The van der Waals surface area contributed by atoms with Crippen molar-refractivity contribution >= 4 is 21.7 Å². The average molecular weight is 303 g/mol. The summed E-state index contributed by atoms with van der Waals surface area (Å²) in [6.07, 6.45) is 1.42. The number of hydrogen-bond donors (Lipinski definition) is 2. The van der Waals surface area contributed by atoms with Crippen molar-refractivity contribution in [1.82, 2.24) is 14.9 Å². The Balaban J connectivity index is 2.05. The monoisotopic (exact) mass is 302 g/mol. The van der Waals surface area contributed by atoms with Crippen molar-refractivity contribution in [2.45, 2.75) is 0 Å². The minimum atomic E-state index is -0.159. The molecule has 0 bridgehead atoms. The van der Waals surface area contributed by atoms with Crippen LogP contribution in [0.3, 0.4) is 0 Å². The van der Waals surface area contributed by atoms with Gasteiger partial charge in [0.05, 0.1) is 12.9 Å². The third kappa shape index (κ3) is 2.85. The summed E-state index contributed by atoms with van der Waals surface area (Å²) in [4.78, 5) is 22.4. The van der Waals surface area contributed by atoms with Crippen LogP contribution in [0.2, 0.25) is 0 Å². The molecule has 0 aliphatic carbocycles. The van der Waals surface area contributed by atoms with Gasteiger partial charge in [-0.25, -0.2) is 4.98 Å². The number of rotatable bonds is 3. The third-order valence-corrected chi connectivity index (χ3v) is 3.58. The lowest BCUT2D eigenvalue weighted by Gasteiger charge is -2.35. The topological polar surface area (TPSA) is 72.5 Å². The Hall–Kier alpha value is -0.920. The smallest absolute Gasteiger partial charge is 0.267 e. The lowest BCUT2D eigenvalue weighted by Crippen LogP contribution is -2.47. The van der Waals surface area contributed by atoms with Gasteiger partial charge in [-0.1, -0.05) is 0 Å². The van der Waals surface area contributed by atoms with Crippen LogP contribution in [0.4, 0.5) is 5.82 Å². The van der Waals surface area contributed by atoms with Gasteiger partial charge in [-0.05, 0) is 15.9 Å². The molecule has 1 saturated heterocycles. The van der Waals surface area contributed by atoms with Crippen LogP contribution in [0.25, 0.3) is 0 Å². The van der Waals surface area contributed by atoms with E-state index in [1.54, 1.807) is 0 Å². The molecule has 0 unspecified atom stereocenters. The summed E-state index contributed by atoms with van der Waals surface area (Å²) in [6, 6.07) is 0. The predicted molar refractivity (Wildman–Crippen MR) is 68.3 cm³/mol. The molecule has 2 N–H and O–H groups in total. The number of aromatic amines is 1. The van der Waals surface area contributed by atoms with Crippen molar-refractivity contribution in [3.05, 3.63) is 21.2 Å². The van der Waals surface area contributed by atoms with Gasteiger partial charge < -0.3 is 15.0 Å². The van der Waals surface area contributed by atoms with Crippen molar-refractivity contribution in [3.63, 3.8) is 0 Å². The SMILES string of the molecule is O=c1[nH]cnc(N2CCN(CCO)CC2)c1Br. The number of halogens is 1. The van der Waals surface area contributed by atoms with Crippen LogP contribution in [0.1, 0.15) is 0 Å². The van der Waals surface area contributed by atoms with Crippen LogP contribution in [0, 0.1) is 0 Å². The summed E-state index contributed by atoms with van der Waals surface area (Å²) in [5.41, 5.74) is -0.159. The van der Waals surface area contributed by atoms with Crippen LogP contribution in [-0.4, -0.2) is 59.3 Å². The number of piperazine rings is 1. The highest BCUT2D eigenvalue weighted by Crippen LogP contribution is 2.20. The second kappa shape index (κ2) is 5.61. The molecule has 0 aromatic carbocycles. The average Bonchev–Trinajstić information content (AvgIpc) is 2.34. The van der Waals surface area contributed by atoms with E-state index in [1.807, 2.05) is 0 Å². The number of aliphatic hydroxyl groups excluding tert-OH is 1. The van der Waals surface area contributed by atoms with Crippen LogP contribution < -0.4 is 10.5 Å². The van der Waals surface area contributed by atoms with Gasteiger partial charge in [0.15, 0.2) is 0 Å². The van der Waals surface area contributed by atoms with E-state index >= 15 is 0 Å². The summed E-state index contributed by atoms with van der Waals surface area (Å²) in [6.45, 7) is 4.28. The molecule has 2 rings (SSSR count). The summed E-state index contributed by atoms with van der Waals surface area (Å²) in [5, 5.41) is 8.86. The molecule has 7 heteroatoms. The van der Waals surface area contributed by atoms with E-state index in [4.69, 9.17) is 5.11 Å². The Morgan fingerprint density at radius 3 is 2.76 bits per heavy atom. The number of aliphatic hydroxyl groups is 1. The molecule has 1 fully saturated rings. The quantitative estimate of drug-likeness (QED) is 0.798. The van der Waals surface area contributed by atoms with E-state index in [0.717, 1.165) is 26.2 Å². The van der Waals surface area contributed by atoms with Crippen LogP contribution in [0.5, 0.6) is 0 Å². The third-order valence-electron chi connectivity index (χ3n) is 2.87. The molecule has 1 aliphatic heterocycles. The number of β-amino-alcohol motifs (C(OH)–C–C–N with tert-alkyl or cyclic N) is 1. The van der Waals surface area contributed by atoms with E-state index in [-0.39, 0.29) is 12.2 Å². The van der Waals surface area contributed by atoms with E-state index in [9.17, 15) is 4.79 Å². The number of H-pyrrole nitrogens is 1. The summed E-state index contributed by atoms with van der Waals surface area (Å²) in [5.74, 6) is 0.692. The molecule has 1 aromatic heterocycles. The molecular formula is C10H15BrN4O2. The lowest BCUT2D eigenvalue weighted by atomic mass is 10.3. The fourth-order valence-electron chi connectivity index (χ4n) is 1.92. The highest BCUT2D eigenvalue weighted by molar-refractivity contribution is 9.10. The first-order valence-electron chi connectivity index (χ1n) is 5.53. The van der Waals surface area contributed by atoms with E-state index in [0.29, 0.717) is 16.8 Å². The number of anilines is 1. The summed E-state index contributed by atoms with van der Waals surface area (Å²) in [7, 11) is 0. The van der Waals surface area contributed by atoms with Gasteiger partial charge in [0.2, 0.25) is 0 Å². The molecule has 0 atom stereocenters. The first-order chi connectivity index (χ1) is 8.22. The van der Waals surface area contributed by atoms with Crippen molar-refractivity contribution in [3.8, 4) is 0 Å². The van der Waals surface area contributed by atoms with E-state index < -0.39 is 0 Å². The molecule has 0 saturated carbocycles. The predicted octanol–water partition coefficient (Wildman–Crippen LogP) is -0.353. The Kier molecular flexibility index (Phi) is 4.14. The minimum Gasteiger partial charge on any atom is -0.395 e. The maximum absolute atomic E-state index is 11.4. The van der Waals surface area contributed by atoms with Crippen LogP contribution >= 0.6 is 15.9 Å². The summed E-state index contributed by atoms with van der Waals surface area (Å²) < 4.78 is 0.482. The molecule has 94 valence electrons. The molecule has 1 aromatic rings. The first kappa shape index (κ1) is 12.5.